The Morgan fingerprint density at radius 3 is 2.62 bits per heavy atom. The lowest BCUT2D eigenvalue weighted by molar-refractivity contribution is -0.141. The zero-order valence-electron chi connectivity index (χ0n) is 18.4. The highest BCUT2D eigenvalue weighted by molar-refractivity contribution is 5.84. The first-order valence-corrected chi connectivity index (χ1v) is 11.3. The minimum atomic E-state index is -0.565. The number of aliphatic hydroxyl groups excluding tert-OH is 2. The van der Waals surface area contributed by atoms with Gasteiger partial charge in [0.15, 0.2) is 0 Å². The predicted molar refractivity (Wildman–Crippen MR) is 115 cm³/mol. The number of carbonyl (C=O) groups excluding carboxylic acids is 2. The summed E-state index contributed by atoms with van der Waals surface area (Å²) in [6, 6.07) is 0. The van der Waals surface area contributed by atoms with Crippen LogP contribution < -0.4 is 0 Å². The zero-order valence-corrected chi connectivity index (χ0v) is 18.4. The second-order valence-electron chi connectivity index (χ2n) is 8.51. The molecule has 1 fully saturated rings. The van der Waals surface area contributed by atoms with E-state index >= 15 is 0 Å². The van der Waals surface area contributed by atoms with Crippen LogP contribution >= 0.6 is 0 Å². The van der Waals surface area contributed by atoms with E-state index in [-0.39, 0.29) is 42.0 Å². The van der Waals surface area contributed by atoms with E-state index in [9.17, 15) is 19.8 Å². The molecule has 5 heteroatoms. The Hall–Kier alpha value is -1.46. The number of hydrogen-bond acceptors (Lipinski definition) is 5. The second kappa shape index (κ2) is 14.5. The van der Waals surface area contributed by atoms with Gasteiger partial charge in [0.1, 0.15) is 5.78 Å². The van der Waals surface area contributed by atoms with Crippen molar-refractivity contribution in [3.05, 3.63) is 24.5 Å². The Balaban J connectivity index is 2.33. The lowest BCUT2D eigenvalue weighted by Crippen LogP contribution is -2.22. The molecule has 1 rings (SSSR count). The fourth-order valence-corrected chi connectivity index (χ4v) is 3.86. The molecule has 0 aromatic carbocycles. The molecule has 166 valence electrons. The molecule has 0 radical (unpaired) electrons. The highest BCUT2D eigenvalue weighted by Gasteiger charge is 2.40. The van der Waals surface area contributed by atoms with Crippen molar-refractivity contribution < 1.29 is 24.5 Å². The lowest BCUT2D eigenvalue weighted by Gasteiger charge is -2.22. The molecule has 0 unspecified atom stereocenters. The summed E-state index contributed by atoms with van der Waals surface area (Å²) >= 11 is 0. The number of Topliss-reactive ketones (excluding diaryl/α,β-unsaturated/α-hetero) is 1. The van der Waals surface area contributed by atoms with E-state index in [1.165, 1.54) is 6.26 Å². The predicted octanol–water partition coefficient (Wildman–Crippen LogP) is 4.71. The third kappa shape index (κ3) is 10.2. The first-order valence-electron chi connectivity index (χ1n) is 11.3. The molecule has 4 atom stereocenters. The smallest absolute Gasteiger partial charge is 0.313 e. The van der Waals surface area contributed by atoms with Gasteiger partial charge >= 0.3 is 5.97 Å². The number of esters is 1. The first kappa shape index (κ1) is 25.6. The van der Waals surface area contributed by atoms with Gasteiger partial charge in [0.05, 0.1) is 24.4 Å². The van der Waals surface area contributed by atoms with E-state index in [2.05, 4.69) is 6.92 Å². The van der Waals surface area contributed by atoms with Gasteiger partial charge in [-0.2, -0.15) is 0 Å². The van der Waals surface area contributed by atoms with Crippen LogP contribution in [0.15, 0.2) is 24.5 Å². The van der Waals surface area contributed by atoms with Gasteiger partial charge in [0, 0.05) is 12.3 Å². The molecule has 0 bridgehead atoms. The summed E-state index contributed by atoms with van der Waals surface area (Å²) < 4.78 is 4.94. The molecule has 0 aromatic rings. The molecule has 1 aliphatic carbocycles. The molecule has 0 aliphatic heterocycles. The van der Waals surface area contributed by atoms with E-state index < -0.39 is 6.10 Å². The van der Waals surface area contributed by atoms with Crippen LogP contribution in [-0.2, 0) is 14.3 Å². The molecule has 0 heterocycles. The third-order valence-corrected chi connectivity index (χ3v) is 5.68. The average Bonchev–Trinajstić information content (AvgIpc) is 2.94. The maximum absolute atomic E-state index is 12.3. The van der Waals surface area contributed by atoms with Crippen LogP contribution in [0.3, 0.4) is 0 Å². The minimum Gasteiger partial charge on any atom is -0.434 e. The van der Waals surface area contributed by atoms with Gasteiger partial charge in [-0.1, -0.05) is 52.2 Å². The first-order chi connectivity index (χ1) is 13.9. The molecule has 0 amide bonds. The Labute approximate surface area is 176 Å². The van der Waals surface area contributed by atoms with Crippen molar-refractivity contribution in [3.8, 4) is 0 Å². The standard InChI is InChI=1S/C24H40O5/c1-4-5-9-12-19(25)14-15-21-20(22(26)17-23(21)27)13-10-7-6-8-11-16-29-24(28)18(2)3/h6,8,11,16,18-21,23,25,27H,4-5,7,9-10,12-15,17H2,1-3H3/b8-6+,16-11+/t19-,20+,21+,23+/m0/s1. The van der Waals surface area contributed by atoms with Gasteiger partial charge in [-0.3, -0.25) is 9.59 Å². The monoisotopic (exact) mass is 408 g/mol. The number of ketones is 1. The number of rotatable bonds is 14. The fourth-order valence-electron chi connectivity index (χ4n) is 3.86. The normalized spacial score (nSPS) is 23.5. The van der Waals surface area contributed by atoms with E-state index in [1.807, 2.05) is 12.2 Å². The highest BCUT2D eigenvalue weighted by atomic mass is 16.5. The Bertz CT molecular complexity index is 537. The molecule has 5 nitrogen and oxygen atoms in total. The number of hydrogen-bond donors (Lipinski definition) is 2. The van der Waals surface area contributed by atoms with Crippen LogP contribution in [0.5, 0.6) is 0 Å². The average molecular weight is 409 g/mol. The van der Waals surface area contributed by atoms with Crippen molar-refractivity contribution >= 4 is 11.8 Å². The molecular formula is C24H40O5. The Kier molecular flexibility index (Phi) is 12.8. The summed E-state index contributed by atoms with van der Waals surface area (Å²) in [4.78, 5) is 23.6. The number of unbranched alkanes of at least 4 members (excludes halogenated alkanes) is 3. The largest absolute Gasteiger partial charge is 0.434 e. The molecule has 1 saturated carbocycles. The number of carbonyl (C=O) groups is 2. The van der Waals surface area contributed by atoms with Gasteiger partial charge in [-0.15, -0.1) is 0 Å². The minimum absolute atomic E-state index is 0.0253. The van der Waals surface area contributed by atoms with Crippen LogP contribution in [0, 0.1) is 17.8 Å². The summed E-state index contributed by atoms with van der Waals surface area (Å²) in [5, 5.41) is 20.4. The summed E-state index contributed by atoms with van der Waals surface area (Å²) in [6.45, 7) is 5.71. The van der Waals surface area contributed by atoms with E-state index in [0.717, 1.165) is 44.9 Å². The second-order valence-corrected chi connectivity index (χ2v) is 8.51. The van der Waals surface area contributed by atoms with Crippen molar-refractivity contribution in [2.45, 2.75) is 97.2 Å². The van der Waals surface area contributed by atoms with E-state index in [0.29, 0.717) is 12.8 Å². The molecule has 2 N–H and O–H groups in total. The maximum Gasteiger partial charge on any atom is 0.313 e. The van der Waals surface area contributed by atoms with Crippen LogP contribution in [-0.4, -0.2) is 34.2 Å². The van der Waals surface area contributed by atoms with Gasteiger partial charge < -0.3 is 14.9 Å². The van der Waals surface area contributed by atoms with E-state index in [1.54, 1.807) is 19.9 Å². The van der Waals surface area contributed by atoms with Crippen LogP contribution in [0.25, 0.3) is 0 Å². The quantitative estimate of drug-likeness (QED) is 0.188. The number of ether oxygens (including phenoxy) is 1. The van der Waals surface area contributed by atoms with Crippen molar-refractivity contribution in [2.24, 2.45) is 17.8 Å². The third-order valence-electron chi connectivity index (χ3n) is 5.68. The van der Waals surface area contributed by atoms with Crippen molar-refractivity contribution in [2.75, 3.05) is 0 Å². The van der Waals surface area contributed by atoms with Gasteiger partial charge in [-0.25, -0.2) is 0 Å². The van der Waals surface area contributed by atoms with Crippen molar-refractivity contribution in [3.63, 3.8) is 0 Å². The van der Waals surface area contributed by atoms with E-state index in [4.69, 9.17) is 4.74 Å². The summed E-state index contributed by atoms with van der Waals surface area (Å²) in [7, 11) is 0. The van der Waals surface area contributed by atoms with Gasteiger partial charge in [-0.05, 0) is 50.5 Å². The topological polar surface area (TPSA) is 83.8 Å². The van der Waals surface area contributed by atoms with Gasteiger partial charge in [0.25, 0.3) is 0 Å². The summed E-state index contributed by atoms with van der Waals surface area (Å²) in [5.41, 5.74) is 0. The van der Waals surface area contributed by atoms with Crippen molar-refractivity contribution in [1.29, 1.82) is 0 Å². The van der Waals surface area contributed by atoms with Gasteiger partial charge in [0.2, 0.25) is 0 Å². The Morgan fingerprint density at radius 1 is 1.17 bits per heavy atom. The number of aliphatic hydroxyl groups is 2. The summed E-state index contributed by atoms with van der Waals surface area (Å²) in [6.07, 6.45) is 14.2. The maximum atomic E-state index is 12.3. The molecule has 0 spiro atoms. The molecule has 0 aromatic heterocycles. The Morgan fingerprint density at radius 2 is 1.93 bits per heavy atom. The van der Waals surface area contributed by atoms with Crippen LogP contribution in [0.1, 0.15) is 85.0 Å². The molecule has 1 aliphatic rings. The SMILES string of the molecule is CCCCC[C@H](O)CC[C@H]1[C@H](O)CC(=O)[C@@H]1CCC/C=C/C=C/OC(=O)C(C)C. The van der Waals surface area contributed by atoms with Crippen LogP contribution in [0.2, 0.25) is 0 Å². The lowest BCUT2D eigenvalue weighted by atomic mass is 9.85. The molecular weight excluding hydrogens is 368 g/mol. The zero-order chi connectivity index (χ0) is 21.6. The van der Waals surface area contributed by atoms with Crippen molar-refractivity contribution in [1.82, 2.24) is 0 Å². The fraction of sp³-hybridized carbons (Fsp3) is 0.750. The molecule has 29 heavy (non-hydrogen) atoms. The summed E-state index contributed by atoms with van der Waals surface area (Å²) in [5.74, 6) is -0.360. The number of allylic oxidation sites excluding steroid dienone is 3. The van der Waals surface area contributed by atoms with Crippen LogP contribution in [0.4, 0.5) is 0 Å². The highest BCUT2D eigenvalue weighted by Crippen LogP contribution is 2.36. The molecule has 0 saturated heterocycles.